The molecule has 1 aromatic carbocycles. The molecule has 1 saturated heterocycles. The molecule has 1 aliphatic heterocycles. The van der Waals surface area contributed by atoms with Crippen molar-refractivity contribution in [1.82, 2.24) is 4.90 Å². The van der Waals surface area contributed by atoms with Crippen molar-refractivity contribution in [2.75, 3.05) is 13.7 Å². The second kappa shape index (κ2) is 4.84. The Kier molecular flexibility index (Phi) is 3.43. The van der Waals surface area contributed by atoms with Gasteiger partial charge in [0.2, 0.25) is 0 Å². The number of methoxy groups -OCH3 is 1. The molecule has 17 heavy (non-hydrogen) atoms. The smallest absolute Gasteiger partial charge is 0.323 e. The fourth-order valence-electron chi connectivity index (χ4n) is 2.22. The molecule has 0 radical (unpaired) electrons. The van der Waals surface area contributed by atoms with Crippen molar-refractivity contribution >= 4 is 5.97 Å². The van der Waals surface area contributed by atoms with E-state index in [9.17, 15) is 9.18 Å². The molecule has 1 aromatic rings. The molecule has 0 aliphatic carbocycles. The Morgan fingerprint density at radius 3 is 2.88 bits per heavy atom. The van der Waals surface area contributed by atoms with Crippen LogP contribution in [-0.2, 0) is 9.53 Å². The summed E-state index contributed by atoms with van der Waals surface area (Å²) in [6.07, 6.45) is 0.812. The Bertz CT molecular complexity index is 422. The van der Waals surface area contributed by atoms with Gasteiger partial charge in [0.05, 0.1) is 7.11 Å². The molecular weight excluding hydrogens is 221 g/mol. The first-order valence-corrected chi connectivity index (χ1v) is 5.72. The Balaban J connectivity index is 2.10. The van der Waals surface area contributed by atoms with Gasteiger partial charge < -0.3 is 4.74 Å². The number of carbonyl (C=O) groups is 1. The standard InChI is InChI=1S/C13H16FNO2/c1-9(10-4-3-5-11(14)8-10)15-7-6-12(15)13(16)17-2/h3-5,8-9,12H,6-7H2,1-2H3. The number of benzene rings is 1. The van der Waals surface area contributed by atoms with E-state index in [4.69, 9.17) is 4.74 Å². The summed E-state index contributed by atoms with van der Waals surface area (Å²) < 4.78 is 17.9. The second-order valence-electron chi connectivity index (χ2n) is 4.30. The summed E-state index contributed by atoms with van der Waals surface area (Å²) in [6.45, 7) is 2.82. The van der Waals surface area contributed by atoms with E-state index in [1.807, 2.05) is 17.9 Å². The number of rotatable bonds is 3. The summed E-state index contributed by atoms with van der Waals surface area (Å²) in [7, 11) is 1.39. The van der Waals surface area contributed by atoms with Crippen LogP contribution in [0.15, 0.2) is 24.3 Å². The van der Waals surface area contributed by atoms with Crippen molar-refractivity contribution in [2.24, 2.45) is 0 Å². The maximum atomic E-state index is 13.1. The number of esters is 1. The third kappa shape index (κ3) is 2.31. The number of ether oxygens (including phenoxy) is 1. The first-order chi connectivity index (χ1) is 8.13. The minimum Gasteiger partial charge on any atom is -0.468 e. The van der Waals surface area contributed by atoms with E-state index < -0.39 is 0 Å². The molecule has 4 heteroatoms. The predicted octanol–water partition coefficient (Wildman–Crippen LogP) is 2.13. The molecule has 0 bridgehead atoms. The van der Waals surface area contributed by atoms with E-state index in [1.54, 1.807) is 6.07 Å². The van der Waals surface area contributed by atoms with E-state index in [-0.39, 0.29) is 23.9 Å². The van der Waals surface area contributed by atoms with Gasteiger partial charge in [-0.3, -0.25) is 9.69 Å². The predicted molar refractivity (Wildman–Crippen MR) is 61.9 cm³/mol. The zero-order valence-electron chi connectivity index (χ0n) is 10.0. The van der Waals surface area contributed by atoms with Crippen molar-refractivity contribution in [3.63, 3.8) is 0 Å². The topological polar surface area (TPSA) is 29.5 Å². The van der Waals surface area contributed by atoms with Gasteiger partial charge in [0, 0.05) is 12.6 Å². The van der Waals surface area contributed by atoms with E-state index in [0.717, 1.165) is 18.5 Å². The van der Waals surface area contributed by atoms with E-state index >= 15 is 0 Å². The van der Waals surface area contributed by atoms with Crippen LogP contribution in [0.25, 0.3) is 0 Å². The van der Waals surface area contributed by atoms with Crippen LogP contribution in [0.5, 0.6) is 0 Å². The molecule has 1 aliphatic rings. The van der Waals surface area contributed by atoms with Gasteiger partial charge in [-0.05, 0) is 31.0 Å². The van der Waals surface area contributed by atoms with Gasteiger partial charge in [-0.15, -0.1) is 0 Å². The normalized spacial score (nSPS) is 21.7. The lowest BCUT2D eigenvalue weighted by molar-refractivity contribution is -0.153. The van der Waals surface area contributed by atoms with Gasteiger partial charge in [0.15, 0.2) is 0 Å². The van der Waals surface area contributed by atoms with Crippen molar-refractivity contribution in [3.05, 3.63) is 35.6 Å². The summed E-state index contributed by atoms with van der Waals surface area (Å²) in [5.41, 5.74) is 0.888. The van der Waals surface area contributed by atoms with Crippen LogP contribution in [0.1, 0.15) is 24.9 Å². The highest BCUT2D eigenvalue weighted by Gasteiger charge is 2.38. The maximum Gasteiger partial charge on any atom is 0.323 e. The van der Waals surface area contributed by atoms with Gasteiger partial charge in [-0.25, -0.2) is 4.39 Å². The number of hydrogen-bond donors (Lipinski definition) is 0. The fraction of sp³-hybridized carbons (Fsp3) is 0.462. The Hall–Kier alpha value is -1.42. The molecule has 92 valence electrons. The third-order valence-corrected chi connectivity index (χ3v) is 3.36. The first-order valence-electron chi connectivity index (χ1n) is 5.72. The second-order valence-corrected chi connectivity index (χ2v) is 4.30. The monoisotopic (exact) mass is 237 g/mol. The van der Waals surface area contributed by atoms with Crippen molar-refractivity contribution in [3.8, 4) is 0 Å². The molecule has 0 N–H and O–H groups in total. The highest BCUT2D eigenvalue weighted by molar-refractivity contribution is 5.76. The molecule has 1 heterocycles. The number of nitrogens with zero attached hydrogens (tertiary/aromatic N) is 1. The Labute approximate surface area is 100 Å². The zero-order chi connectivity index (χ0) is 12.4. The van der Waals surface area contributed by atoms with Crippen LogP contribution in [-0.4, -0.2) is 30.6 Å². The maximum absolute atomic E-state index is 13.1. The third-order valence-electron chi connectivity index (χ3n) is 3.36. The molecule has 0 saturated carbocycles. The SMILES string of the molecule is COC(=O)C1CCN1C(C)c1cccc(F)c1. The molecule has 1 fully saturated rings. The highest BCUT2D eigenvalue weighted by Crippen LogP contribution is 2.30. The molecule has 2 atom stereocenters. The summed E-state index contributed by atoms with van der Waals surface area (Å²) in [6, 6.07) is 6.34. The molecule has 0 amide bonds. The van der Waals surface area contributed by atoms with Gasteiger partial charge in [-0.1, -0.05) is 12.1 Å². The minimum atomic E-state index is -0.246. The average molecular weight is 237 g/mol. The number of halogens is 1. The van der Waals surface area contributed by atoms with Crippen molar-refractivity contribution in [2.45, 2.75) is 25.4 Å². The quantitative estimate of drug-likeness (QED) is 0.754. The van der Waals surface area contributed by atoms with Gasteiger partial charge in [-0.2, -0.15) is 0 Å². The molecular formula is C13H16FNO2. The Morgan fingerprint density at radius 2 is 2.35 bits per heavy atom. The van der Waals surface area contributed by atoms with Crippen LogP contribution in [0.4, 0.5) is 4.39 Å². The van der Waals surface area contributed by atoms with Crippen LogP contribution < -0.4 is 0 Å². The average Bonchev–Trinajstić information content (AvgIpc) is 2.27. The van der Waals surface area contributed by atoms with Crippen LogP contribution >= 0.6 is 0 Å². The van der Waals surface area contributed by atoms with Gasteiger partial charge in [0.1, 0.15) is 11.9 Å². The first kappa shape index (κ1) is 12.0. The summed E-state index contributed by atoms with van der Waals surface area (Å²) in [5.74, 6) is -0.455. The molecule has 0 spiro atoms. The van der Waals surface area contributed by atoms with Gasteiger partial charge in [0.25, 0.3) is 0 Å². The van der Waals surface area contributed by atoms with Crippen LogP contribution in [0, 0.1) is 5.82 Å². The highest BCUT2D eigenvalue weighted by atomic mass is 19.1. The fourth-order valence-corrected chi connectivity index (χ4v) is 2.22. The number of likely N-dealkylation sites (tertiary alicyclic amines) is 1. The van der Waals surface area contributed by atoms with E-state index in [0.29, 0.717) is 0 Å². The van der Waals surface area contributed by atoms with E-state index in [1.165, 1.54) is 19.2 Å². The van der Waals surface area contributed by atoms with Crippen LogP contribution in [0.3, 0.4) is 0 Å². The Morgan fingerprint density at radius 1 is 1.59 bits per heavy atom. The molecule has 2 rings (SSSR count). The lowest BCUT2D eigenvalue weighted by Gasteiger charge is -2.43. The number of carbonyl (C=O) groups excluding carboxylic acids is 1. The minimum absolute atomic E-state index is 0.0311. The zero-order valence-corrected chi connectivity index (χ0v) is 10.0. The van der Waals surface area contributed by atoms with Crippen molar-refractivity contribution < 1.29 is 13.9 Å². The molecule has 0 aromatic heterocycles. The molecule has 3 nitrogen and oxygen atoms in total. The largest absolute Gasteiger partial charge is 0.468 e. The molecule has 2 unspecified atom stereocenters. The lowest BCUT2D eigenvalue weighted by atomic mass is 9.96. The van der Waals surface area contributed by atoms with Crippen LogP contribution in [0.2, 0.25) is 0 Å². The summed E-state index contributed by atoms with van der Waals surface area (Å²) in [5, 5.41) is 0. The van der Waals surface area contributed by atoms with Gasteiger partial charge >= 0.3 is 5.97 Å². The van der Waals surface area contributed by atoms with Crippen molar-refractivity contribution in [1.29, 1.82) is 0 Å². The van der Waals surface area contributed by atoms with E-state index in [2.05, 4.69) is 0 Å². The lowest BCUT2D eigenvalue weighted by Crippen LogP contribution is -2.53. The summed E-state index contributed by atoms with van der Waals surface area (Å²) in [4.78, 5) is 13.5. The summed E-state index contributed by atoms with van der Waals surface area (Å²) >= 11 is 0. The number of hydrogen-bond acceptors (Lipinski definition) is 3.